The molecule has 1 heterocycles. The van der Waals surface area contributed by atoms with E-state index in [1.54, 1.807) is 18.4 Å². The van der Waals surface area contributed by atoms with E-state index in [1.807, 2.05) is 18.3 Å². The Bertz CT molecular complexity index is 536. The normalized spacial score (nSPS) is 12.3. The first-order valence-corrected chi connectivity index (χ1v) is 8.33. The smallest absolute Gasteiger partial charge is 0.118 e. The second kappa shape index (κ2) is 8.15. The minimum Gasteiger partial charge on any atom is -0.497 e. The van der Waals surface area contributed by atoms with Crippen molar-refractivity contribution in [3.63, 3.8) is 0 Å². The quantitative estimate of drug-likeness (QED) is 0.796. The zero-order valence-electron chi connectivity index (χ0n) is 13.1. The van der Waals surface area contributed by atoms with Crippen molar-refractivity contribution in [1.82, 2.24) is 10.3 Å². The second-order valence-electron chi connectivity index (χ2n) is 5.18. The first kappa shape index (κ1) is 16.0. The van der Waals surface area contributed by atoms with Crippen LogP contribution in [0.4, 0.5) is 0 Å². The molecule has 2 aromatic rings. The number of thiazole rings is 1. The van der Waals surface area contributed by atoms with Gasteiger partial charge < -0.3 is 10.1 Å². The van der Waals surface area contributed by atoms with Gasteiger partial charge in [0.1, 0.15) is 5.75 Å². The summed E-state index contributed by atoms with van der Waals surface area (Å²) in [4.78, 5) is 5.73. The number of aryl methyl sites for hydroxylation is 2. The Kier molecular flexibility index (Phi) is 6.21. The minimum absolute atomic E-state index is 0.401. The van der Waals surface area contributed by atoms with E-state index in [2.05, 4.69) is 36.3 Å². The molecule has 0 saturated heterocycles. The second-order valence-corrected chi connectivity index (χ2v) is 6.44. The highest BCUT2D eigenvalue weighted by Crippen LogP contribution is 2.25. The van der Waals surface area contributed by atoms with Gasteiger partial charge in [0.25, 0.3) is 0 Å². The number of ether oxygens (including phenoxy) is 1. The Morgan fingerprint density at radius 2 is 2.05 bits per heavy atom. The maximum atomic E-state index is 5.20. The summed E-state index contributed by atoms with van der Waals surface area (Å²) in [5, 5.41) is 4.77. The molecule has 114 valence electrons. The molecule has 1 atom stereocenters. The van der Waals surface area contributed by atoms with E-state index in [9.17, 15) is 0 Å². The minimum atomic E-state index is 0.401. The van der Waals surface area contributed by atoms with Gasteiger partial charge in [-0.15, -0.1) is 11.3 Å². The number of aromatic nitrogens is 1. The largest absolute Gasteiger partial charge is 0.497 e. The van der Waals surface area contributed by atoms with Crippen LogP contribution < -0.4 is 10.1 Å². The lowest BCUT2D eigenvalue weighted by atomic mass is 10.0. The van der Waals surface area contributed by atoms with Gasteiger partial charge in [-0.2, -0.15) is 0 Å². The molecule has 1 N–H and O–H groups in total. The lowest BCUT2D eigenvalue weighted by Gasteiger charge is -2.16. The molecule has 0 fully saturated rings. The molecule has 0 bridgehead atoms. The third-order valence-corrected chi connectivity index (χ3v) is 4.53. The number of benzene rings is 1. The Labute approximate surface area is 131 Å². The van der Waals surface area contributed by atoms with Gasteiger partial charge in [-0.25, -0.2) is 4.98 Å². The van der Waals surface area contributed by atoms with E-state index in [1.165, 1.54) is 10.4 Å². The third-order valence-electron chi connectivity index (χ3n) is 3.50. The van der Waals surface area contributed by atoms with Crippen LogP contribution in [-0.4, -0.2) is 18.6 Å². The van der Waals surface area contributed by atoms with Crippen LogP contribution >= 0.6 is 11.3 Å². The molecular weight excluding hydrogens is 280 g/mol. The van der Waals surface area contributed by atoms with E-state index >= 15 is 0 Å². The Hall–Kier alpha value is -1.39. The van der Waals surface area contributed by atoms with Crippen molar-refractivity contribution in [2.45, 2.75) is 39.2 Å². The standard InChI is InChI=1S/C17H24N2OS/c1-4-11-18-16(17-12-19-13(2)21-17)10-7-14-5-8-15(20-3)9-6-14/h5-6,8-9,12,16,18H,4,7,10-11H2,1-3H3. The predicted octanol–water partition coefficient (Wildman–Crippen LogP) is 4.13. The monoisotopic (exact) mass is 304 g/mol. The van der Waals surface area contributed by atoms with Crippen LogP contribution in [0.15, 0.2) is 30.5 Å². The molecule has 0 amide bonds. The van der Waals surface area contributed by atoms with Gasteiger partial charge >= 0.3 is 0 Å². The van der Waals surface area contributed by atoms with Crippen LogP contribution in [0.1, 0.15) is 41.3 Å². The van der Waals surface area contributed by atoms with Gasteiger partial charge in [-0.1, -0.05) is 19.1 Å². The van der Waals surface area contributed by atoms with Gasteiger partial charge in [0.15, 0.2) is 0 Å². The summed E-state index contributed by atoms with van der Waals surface area (Å²) in [5.74, 6) is 0.914. The average Bonchev–Trinajstić information content (AvgIpc) is 2.94. The predicted molar refractivity (Wildman–Crippen MR) is 89.2 cm³/mol. The van der Waals surface area contributed by atoms with Crippen LogP contribution in [0.2, 0.25) is 0 Å². The average molecular weight is 304 g/mol. The highest BCUT2D eigenvalue weighted by atomic mass is 32.1. The molecular formula is C17H24N2OS. The zero-order chi connectivity index (χ0) is 15.1. The van der Waals surface area contributed by atoms with E-state index in [-0.39, 0.29) is 0 Å². The third kappa shape index (κ3) is 4.83. The van der Waals surface area contributed by atoms with E-state index in [4.69, 9.17) is 4.74 Å². The van der Waals surface area contributed by atoms with Crippen molar-refractivity contribution in [3.8, 4) is 5.75 Å². The molecule has 0 spiro atoms. The fourth-order valence-electron chi connectivity index (χ4n) is 2.31. The molecule has 1 aromatic heterocycles. The van der Waals surface area contributed by atoms with Crippen LogP contribution in [0.5, 0.6) is 5.75 Å². The first-order chi connectivity index (χ1) is 10.2. The summed E-state index contributed by atoms with van der Waals surface area (Å²) in [6, 6.07) is 8.75. The molecule has 0 radical (unpaired) electrons. The molecule has 4 heteroatoms. The summed E-state index contributed by atoms with van der Waals surface area (Å²) in [6.07, 6.45) is 5.31. The van der Waals surface area contributed by atoms with E-state index < -0.39 is 0 Å². The molecule has 2 rings (SSSR count). The Balaban J connectivity index is 1.97. The number of rotatable bonds is 8. The van der Waals surface area contributed by atoms with Crippen molar-refractivity contribution < 1.29 is 4.74 Å². The van der Waals surface area contributed by atoms with Gasteiger partial charge in [-0.3, -0.25) is 0 Å². The lowest BCUT2D eigenvalue weighted by molar-refractivity contribution is 0.414. The fourth-order valence-corrected chi connectivity index (χ4v) is 3.20. The van der Waals surface area contributed by atoms with Crippen LogP contribution in [0.25, 0.3) is 0 Å². The SMILES string of the molecule is CCCNC(CCc1ccc(OC)cc1)c1cnc(C)s1. The topological polar surface area (TPSA) is 34.1 Å². The number of methoxy groups -OCH3 is 1. The number of nitrogens with zero attached hydrogens (tertiary/aromatic N) is 1. The summed E-state index contributed by atoms with van der Waals surface area (Å²) < 4.78 is 5.20. The number of hydrogen-bond acceptors (Lipinski definition) is 4. The van der Waals surface area contributed by atoms with Crippen LogP contribution in [0.3, 0.4) is 0 Å². The van der Waals surface area contributed by atoms with Gasteiger partial charge in [0, 0.05) is 17.1 Å². The van der Waals surface area contributed by atoms with Crippen molar-refractivity contribution in [2.24, 2.45) is 0 Å². The van der Waals surface area contributed by atoms with Crippen molar-refractivity contribution in [3.05, 3.63) is 45.9 Å². The molecule has 21 heavy (non-hydrogen) atoms. The maximum Gasteiger partial charge on any atom is 0.118 e. The first-order valence-electron chi connectivity index (χ1n) is 7.51. The van der Waals surface area contributed by atoms with Gasteiger partial charge in [0.05, 0.1) is 12.1 Å². The zero-order valence-corrected chi connectivity index (χ0v) is 13.9. The summed E-state index contributed by atoms with van der Waals surface area (Å²) in [5.41, 5.74) is 1.35. The highest BCUT2D eigenvalue weighted by molar-refractivity contribution is 7.11. The molecule has 1 unspecified atom stereocenters. The number of nitrogens with one attached hydrogen (secondary N) is 1. The number of hydrogen-bond donors (Lipinski definition) is 1. The highest BCUT2D eigenvalue weighted by Gasteiger charge is 2.13. The Morgan fingerprint density at radius 1 is 1.29 bits per heavy atom. The van der Waals surface area contributed by atoms with Gasteiger partial charge in [0.2, 0.25) is 0 Å². The molecule has 1 aromatic carbocycles. The molecule has 0 aliphatic rings. The molecule has 0 aliphatic carbocycles. The summed E-state index contributed by atoms with van der Waals surface area (Å²) in [7, 11) is 1.70. The summed E-state index contributed by atoms with van der Waals surface area (Å²) in [6.45, 7) is 5.31. The molecule has 0 saturated carbocycles. The molecule has 0 aliphatic heterocycles. The van der Waals surface area contributed by atoms with E-state index in [0.717, 1.165) is 36.6 Å². The van der Waals surface area contributed by atoms with Crippen molar-refractivity contribution in [1.29, 1.82) is 0 Å². The van der Waals surface area contributed by atoms with Crippen molar-refractivity contribution >= 4 is 11.3 Å². The van der Waals surface area contributed by atoms with Crippen LogP contribution in [-0.2, 0) is 6.42 Å². The Morgan fingerprint density at radius 3 is 2.62 bits per heavy atom. The summed E-state index contributed by atoms with van der Waals surface area (Å²) >= 11 is 1.79. The maximum absolute atomic E-state index is 5.20. The van der Waals surface area contributed by atoms with Crippen molar-refractivity contribution in [2.75, 3.05) is 13.7 Å². The van der Waals surface area contributed by atoms with Crippen LogP contribution in [0, 0.1) is 6.92 Å². The lowest BCUT2D eigenvalue weighted by Crippen LogP contribution is -2.21. The van der Waals surface area contributed by atoms with E-state index in [0.29, 0.717) is 6.04 Å². The van der Waals surface area contributed by atoms with Gasteiger partial charge in [-0.05, 0) is 50.4 Å². The molecule has 3 nitrogen and oxygen atoms in total. The fraction of sp³-hybridized carbons (Fsp3) is 0.471.